The summed E-state index contributed by atoms with van der Waals surface area (Å²) in [6, 6.07) is 13.2. The fourth-order valence-corrected chi connectivity index (χ4v) is 2.31. The highest BCUT2D eigenvalue weighted by Gasteiger charge is 2.25. The fraction of sp³-hybridized carbons (Fsp3) is 0. The number of halogens is 1. The molecule has 0 aromatic heterocycles. The zero-order valence-electron chi connectivity index (χ0n) is 11.6. The molecule has 0 radical (unpaired) electrons. The number of rotatable bonds is 3. The Balaban J connectivity index is 1.99. The van der Waals surface area contributed by atoms with Gasteiger partial charge in [-0.25, -0.2) is 9.79 Å². The molecule has 114 valence electrons. The zero-order chi connectivity index (χ0) is 16.4. The number of hydrogen-bond acceptors (Lipinski definition) is 5. The van der Waals surface area contributed by atoms with Gasteiger partial charge >= 0.3 is 5.97 Å². The fourth-order valence-electron chi connectivity index (χ4n) is 2.05. The first-order valence-electron chi connectivity index (χ1n) is 6.56. The number of para-hydroxylation sites is 1. The van der Waals surface area contributed by atoms with Crippen molar-refractivity contribution in [3.05, 3.63) is 79.9 Å². The maximum atomic E-state index is 11.9. The van der Waals surface area contributed by atoms with Crippen LogP contribution in [-0.4, -0.2) is 16.8 Å². The third-order valence-electron chi connectivity index (χ3n) is 3.14. The molecule has 0 bridgehead atoms. The average molecular weight is 373 g/mol. The lowest BCUT2D eigenvalue weighted by atomic mass is 10.1. The van der Waals surface area contributed by atoms with Gasteiger partial charge < -0.3 is 4.74 Å². The summed E-state index contributed by atoms with van der Waals surface area (Å²) in [5.41, 5.74) is 0.870. The van der Waals surface area contributed by atoms with Crippen molar-refractivity contribution in [2.75, 3.05) is 0 Å². The minimum absolute atomic E-state index is 0.0252. The molecule has 0 amide bonds. The van der Waals surface area contributed by atoms with Gasteiger partial charge in [-0.15, -0.1) is 0 Å². The molecule has 2 aromatic rings. The van der Waals surface area contributed by atoms with Gasteiger partial charge in [-0.3, -0.25) is 10.1 Å². The van der Waals surface area contributed by atoms with Crippen molar-refractivity contribution >= 4 is 39.6 Å². The van der Waals surface area contributed by atoms with Crippen LogP contribution in [0.5, 0.6) is 0 Å². The molecular formula is C16H9BrN2O4. The normalized spacial score (nSPS) is 15.4. The molecule has 1 heterocycles. The van der Waals surface area contributed by atoms with E-state index in [1.54, 1.807) is 42.5 Å². The lowest BCUT2D eigenvalue weighted by Gasteiger charge is -1.98. The number of nitro groups is 1. The number of carbonyl (C=O) groups excluding carboxylic acids is 1. The van der Waals surface area contributed by atoms with E-state index in [1.165, 1.54) is 12.1 Å². The molecule has 0 unspecified atom stereocenters. The molecule has 1 aliphatic rings. The Morgan fingerprint density at radius 2 is 1.83 bits per heavy atom. The maximum Gasteiger partial charge on any atom is 0.363 e. The van der Waals surface area contributed by atoms with Gasteiger partial charge in [-0.1, -0.05) is 28.1 Å². The second kappa shape index (κ2) is 6.13. The molecule has 1 aliphatic heterocycles. The number of aliphatic imine (C=N–C) groups is 1. The van der Waals surface area contributed by atoms with E-state index in [0.29, 0.717) is 11.1 Å². The molecule has 7 heteroatoms. The first kappa shape index (κ1) is 15.1. The van der Waals surface area contributed by atoms with Gasteiger partial charge in [0, 0.05) is 16.1 Å². The summed E-state index contributed by atoms with van der Waals surface area (Å²) < 4.78 is 6.02. The first-order chi connectivity index (χ1) is 11.0. The lowest BCUT2D eigenvalue weighted by molar-refractivity contribution is -0.385. The van der Waals surface area contributed by atoms with Gasteiger partial charge in [0.2, 0.25) is 5.90 Å². The minimum Gasteiger partial charge on any atom is -0.402 e. The van der Waals surface area contributed by atoms with E-state index in [0.717, 1.165) is 4.47 Å². The Kier molecular flexibility index (Phi) is 4.03. The lowest BCUT2D eigenvalue weighted by Crippen LogP contribution is -2.05. The second-order valence-electron chi connectivity index (χ2n) is 4.66. The minimum atomic E-state index is -0.638. The molecule has 0 spiro atoms. The number of cyclic esters (lactones) is 1. The summed E-state index contributed by atoms with van der Waals surface area (Å²) in [6.45, 7) is 0. The quantitative estimate of drug-likeness (QED) is 0.356. The van der Waals surface area contributed by atoms with E-state index >= 15 is 0 Å². The topological polar surface area (TPSA) is 81.8 Å². The van der Waals surface area contributed by atoms with Crippen molar-refractivity contribution in [1.82, 2.24) is 0 Å². The molecule has 0 N–H and O–H groups in total. The van der Waals surface area contributed by atoms with Crippen molar-refractivity contribution in [3.63, 3.8) is 0 Å². The number of nitro benzene ring substituents is 1. The molecule has 0 aliphatic carbocycles. The average Bonchev–Trinajstić information content (AvgIpc) is 2.89. The molecular weight excluding hydrogens is 364 g/mol. The molecule has 23 heavy (non-hydrogen) atoms. The van der Waals surface area contributed by atoms with Crippen LogP contribution in [0.3, 0.4) is 0 Å². The number of nitrogens with zero attached hydrogens (tertiary/aromatic N) is 2. The van der Waals surface area contributed by atoms with Crippen molar-refractivity contribution in [1.29, 1.82) is 0 Å². The van der Waals surface area contributed by atoms with Crippen LogP contribution in [0.15, 0.2) is 63.7 Å². The zero-order valence-corrected chi connectivity index (χ0v) is 13.2. The van der Waals surface area contributed by atoms with Crippen LogP contribution < -0.4 is 0 Å². The number of benzene rings is 2. The number of esters is 1. The van der Waals surface area contributed by atoms with Crippen LogP contribution in [0.4, 0.5) is 5.69 Å². The van der Waals surface area contributed by atoms with Crippen LogP contribution in [0.1, 0.15) is 11.1 Å². The predicted octanol–water partition coefficient (Wildman–Crippen LogP) is 3.70. The summed E-state index contributed by atoms with van der Waals surface area (Å²) >= 11 is 3.32. The summed E-state index contributed by atoms with van der Waals surface area (Å²) in [5.74, 6) is -0.464. The summed E-state index contributed by atoms with van der Waals surface area (Å²) in [6.07, 6.45) is 1.35. The van der Waals surface area contributed by atoms with E-state index in [2.05, 4.69) is 20.9 Å². The largest absolute Gasteiger partial charge is 0.402 e. The highest BCUT2D eigenvalue weighted by Crippen LogP contribution is 2.24. The Bertz CT molecular complexity index is 857. The molecule has 0 fully saturated rings. The van der Waals surface area contributed by atoms with E-state index in [9.17, 15) is 14.9 Å². The van der Waals surface area contributed by atoms with Crippen molar-refractivity contribution in [3.8, 4) is 0 Å². The number of carbonyl (C=O) groups is 1. The Hall–Kier alpha value is -2.80. The summed E-state index contributed by atoms with van der Waals surface area (Å²) in [5, 5.41) is 11.0. The molecule has 0 saturated heterocycles. The summed E-state index contributed by atoms with van der Waals surface area (Å²) in [7, 11) is 0. The second-order valence-corrected chi connectivity index (χ2v) is 5.57. The van der Waals surface area contributed by atoms with Crippen LogP contribution in [0.25, 0.3) is 6.08 Å². The molecule has 0 saturated carbocycles. The van der Waals surface area contributed by atoms with E-state index in [4.69, 9.17) is 4.74 Å². The van der Waals surface area contributed by atoms with E-state index in [1.807, 2.05) is 0 Å². The van der Waals surface area contributed by atoms with Crippen molar-refractivity contribution < 1.29 is 14.5 Å². The van der Waals surface area contributed by atoms with E-state index < -0.39 is 10.9 Å². The highest BCUT2D eigenvalue weighted by molar-refractivity contribution is 9.10. The van der Waals surface area contributed by atoms with Gasteiger partial charge in [-0.2, -0.15) is 0 Å². The Morgan fingerprint density at radius 1 is 1.13 bits per heavy atom. The highest BCUT2D eigenvalue weighted by atomic mass is 79.9. The monoisotopic (exact) mass is 372 g/mol. The molecule has 3 rings (SSSR count). The number of ether oxygens (including phenoxy) is 1. The molecule has 2 aromatic carbocycles. The third kappa shape index (κ3) is 3.19. The Morgan fingerprint density at radius 3 is 2.52 bits per heavy atom. The SMILES string of the molecule is O=C1OC(c2ccc(Br)cc2)=N/C1=C\c1ccccc1[N+](=O)[O-]. The van der Waals surface area contributed by atoms with Crippen LogP contribution in [0.2, 0.25) is 0 Å². The van der Waals surface area contributed by atoms with Crippen LogP contribution >= 0.6 is 15.9 Å². The van der Waals surface area contributed by atoms with Gasteiger partial charge in [0.05, 0.1) is 10.5 Å². The smallest absolute Gasteiger partial charge is 0.363 e. The molecule has 0 atom stereocenters. The van der Waals surface area contributed by atoms with Crippen LogP contribution in [0, 0.1) is 10.1 Å². The van der Waals surface area contributed by atoms with Crippen LogP contribution in [-0.2, 0) is 9.53 Å². The third-order valence-corrected chi connectivity index (χ3v) is 3.67. The van der Waals surface area contributed by atoms with E-state index in [-0.39, 0.29) is 17.3 Å². The maximum absolute atomic E-state index is 11.9. The van der Waals surface area contributed by atoms with Gasteiger partial charge in [0.1, 0.15) is 0 Å². The van der Waals surface area contributed by atoms with Gasteiger partial charge in [0.15, 0.2) is 5.70 Å². The van der Waals surface area contributed by atoms with Gasteiger partial charge in [0.25, 0.3) is 5.69 Å². The first-order valence-corrected chi connectivity index (χ1v) is 7.36. The Labute approximate surface area is 139 Å². The molecule has 6 nitrogen and oxygen atoms in total. The standard InChI is InChI=1S/C16H9BrN2O4/c17-12-7-5-10(6-8-12)15-18-13(16(20)23-15)9-11-3-1-2-4-14(11)19(21)22/h1-9H/b13-9-. The number of hydrogen-bond donors (Lipinski definition) is 0. The van der Waals surface area contributed by atoms with Crippen molar-refractivity contribution in [2.24, 2.45) is 4.99 Å². The van der Waals surface area contributed by atoms with Gasteiger partial charge in [-0.05, 0) is 36.4 Å². The van der Waals surface area contributed by atoms with Crippen molar-refractivity contribution in [2.45, 2.75) is 0 Å². The summed E-state index contributed by atoms with van der Waals surface area (Å²) in [4.78, 5) is 26.6. The predicted molar refractivity (Wildman–Crippen MR) is 87.8 cm³/mol.